The monoisotopic (exact) mass is 408 g/mol. The summed E-state index contributed by atoms with van der Waals surface area (Å²) in [6, 6.07) is 13.5. The fourth-order valence-corrected chi connectivity index (χ4v) is 3.22. The molecular formula is C25H32N2O3. The summed E-state index contributed by atoms with van der Waals surface area (Å²) in [4.78, 5) is 18.1. The van der Waals surface area contributed by atoms with Crippen molar-refractivity contribution in [1.29, 1.82) is 5.41 Å². The Morgan fingerprint density at radius 2 is 1.77 bits per heavy atom. The van der Waals surface area contributed by atoms with Gasteiger partial charge in [0.1, 0.15) is 12.3 Å². The van der Waals surface area contributed by atoms with Gasteiger partial charge in [-0.15, -0.1) is 0 Å². The van der Waals surface area contributed by atoms with E-state index in [0.717, 1.165) is 34.4 Å². The molecule has 0 aromatic heterocycles. The summed E-state index contributed by atoms with van der Waals surface area (Å²) < 4.78 is 5.26. The lowest BCUT2D eigenvalue weighted by Crippen LogP contribution is -2.17. The number of Topliss-reactive ketones (excluding diaryl/α,β-unsaturated/α-hetero) is 1. The van der Waals surface area contributed by atoms with Crippen molar-refractivity contribution in [2.24, 2.45) is 11.1 Å². The maximum Gasteiger partial charge on any atom is 0.181 e. The topological polar surface area (TPSA) is 71.7 Å². The second kappa shape index (κ2) is 11.4. The Hall–Kier alpha value is -2.79. The van der Waals surface area contributed by atoms with Crippen molar-refractivity contribution < 1.29 is 14.4 Å². The predicted molar refractivity (Wildman–Crippen MR) is 121 cm³/mol. The maximum absolute atomic E-state index is 12.5. The Morgan fingerprint density at radius 3 is 2.47 bits per heavy atom. The van der Waals surface area contributed by atoms with Crippen LogP contribution in [0, 0.1) is 18.3 Å². The van der Waals surface area contributed by atoms with Gasteiger partial charge >= 0.3 is 0 Å². The second-order valence-corrected chi connectivity index (χ2v) is 7.87. The molecule has 0 aliphatic rings. The quantitative estimate of drug-likeness (QED) is 0.397. The van der Waals surface area contributed by atoms with Gasteiger partial charge in [0, 0.05) is 30.2 Å². The summed E-state index contributed by atoms with van der Waals surface area (Å²) in [7, 11) is 1.66. The number of carbonyl (C=O) groups excluding carboxylic acids is 1. The zero-order chi connectivity index (χ0) is 22.1. The lowest BCUT2D eigenvalue weighted by atomic mass is 9.94. The van der Waals surface area contributed by atoms with Crippen LogP contribution in [0.2, 0.25) is 0 Å². The Labute approximate surface area is 179 Å². The number of nitrogens with one attached hydrogen (secondary N) is 1. The molecule has 0 saturated heterocycles. The smallest absolute Gasteiger partial charge is 0.181 e. The molecule has 2 rings (SSSR count). The van der Waals surface area contributed by atoms with Crippen LogP contribution < -0.4 is 0 Å². The van der Waals surface area contributed by atoms with Crippen LogP contribution in [0.15, 0.2) is 47.6 Å². The van der Waals surface area contributed by atoms with Crippen molar-refractivity contribution >= 4 is 17.2 Å². The number of hydrogen-bond acceptors (Lipinski definition) is 5. The molecule has 0 unspecified atom stereocenters. The van der Waals surface area contributed by atoms with Crippen molar-refractivity contribution in [1.82, 2.24) is 0 Å². The first kappa shape index (κ1) is 23.5. The number of ether oxygens (including phenoxy) is 1. The van der Waals surface area contributed by atoms with Gasteiger partial charge in [-0.2, -0.15) is 0 Å². The SMILES string of the molecule is COCc1ccccc1/C(C)=N/OCc1c(C)cccc1C(=N)C(=O)CCC(C)C. The van der Waals surface area contributed by atoms with Gasteiger partial charge in [0.15, 0.2) is 5.78 Å². The first-order valence-corrected chi connectivity index (χ1v) is 10.3. The first-order valence-electron chi connectivity index (χ1n) is 10.3. The molecule has 0 saturated carbocycles. The van der Waals surface area contributed by atoms with Crippen molar-refractivity contribution in [3.8, 4) is 0 Å². The molecule has 5 heteroatoms. The number of benzene rings is 2. The number of hydrogen-bond donors (Lipinski definition) is 1. The Balaban J connectivity index is 2.17. The van der Waals surface area contributed by atoms with Crippen LogP contribution in [-0.4, -0.2) is 24.3 Å². The van der Waals surface area contributed by atoms with E-state index in [-0.39, 0.29) is 18.1 Å². The van der Waals surface area contributed by atoms with Gasteiger partial charge in [0.05, 0.1) is 12.3 Å². The second-order valence-electron chi connectivity index (χ2n) is 7.87. The van der Waals surface area contributed by atoms with Gasteiger partial charge in [0.25, 0.3) is 0 Å². The minimum atomic E-state index is -0.135. The third-order valence-corrected chi connectivity index (χ3v) is 5.02. The third kappa shape index (κ3) is 6.36. The van der Waals surface area contributed by atoms with Gasteiger partial charge in [-0.3, -0.25) is 10.2 Å². The number of ketones is 1. The number of nitrogens with zero attached hydrogens (tertiary/aromatic N) is 1. The van der Waals surface area contributed by atoms with Crippen LogP contribution in [-0.2, 0) is 27.6 Å². The van der Waals surface area contributed by atoms with Gasteiger partial charge in [0.2, 0.25) is 0 Å². The van der Waals surface area contributed by atoms with Crippen LogP contribution in [0.25, 0.3) is 0 Å². The van der Waals surface area contributed by atoms with E-state index in [4.69, 9.17) is 15.0 Å². The van der Waals surface area contributed by atoms with Crippen LogP contribution in [0.3, 0.4) is 0 Å². The normalized spacial score (nSPS) is 11.6. The van der Waals surface area contributed by atoms with Crippen LogP contribution >= 0.6 is 0 Å². The van der Waals surface area contributed by atoms with Crippen molar-refractivity contribution in [2.75, 3.05) is 7.11 Å². The lowest BCUT2D eigenvalue weighted by Gasteiger charge is -2.13. The van der Waals surface area contributed by atoms with Crippen molar-refractivity contribution in [3.05, 3.63) is 70.3 Å². The Kier molecular flexibility index (Phi) is 8.93. The molecule has 0 amide bonds. The average molecular weight is 409 g/mol. The maximum atomic E-state index is 12.5. The lowest BCUT2D eigenvalue weighted by molar-refractivity contribution is -0.113. The minimum absolute atomic E-state index is 0.0455. The van der Waals surface area contributed by atoms with Crippen molar-refractivity contribution in [3.63, 3.8) is 0 Å². The minimum Gasteiger partial charge on any atom is -0.391 e. The van der Waals surface area contributed by atoms with E-state index in [9.17, 15) is 4.79 Å². The van der Waals surface area contributed by atoms with E-state index in [1.807, 2.05) is 56.3 Å². The molecule has 0 fully saturated rings. The number of rotatable bonds is 11. The zero-order valence-corrected chi connectivity index (χ0v) is 18.6. The fourth-order valence-electron chi connectivity index (χ4n) is 3.22. The molecule has 2 aromatic rings. The molecule has 160 valence electrons. The highest BCUT2D eigenvalue weighted by molar-refractivity contribution is 6.45. The molecule has 0 atom stereocenters. The van der Waals surface area contributed by atoms with E-state index >= 15 is 0 Å². The van der Waals surface area contributed by atoms with E-state index in [2.05, 4.69) is 19.0 Å². The van der Waals surface area contributed by atoms with Gasteiger partial charge in [-0.05, 0) is 37.3 Å². The Bertz CT molecular complexity index is 916. The van der Waals surface area contributed by atoms with E-state index < -0.39 is 0 Å². The van der Waals surface area contributed by atoms with E-state index in [1.54, 1.807) is 7.11 Å². The van der Waals surface area contributed by atoms with Gasteiger partial charge < -0.3 is 9.57 Å². The van der Waals surface area contributed by atoms with E-state index in [1.165, 1.54) is 0 Å². The molecule has 1 N–H and O–H groups in total. The largest absolute Gasteiger partial charge is 0.391 e. The highest BCUT2D eigenvalue weighted by Crippen LogP contribution is 2.19. The number of carbonyl (C=O) groups is 1. The molecule has 0 aliphatic carbocycles. The molecular weight excluding hydrogens is 376 g/mol. The Morgan fingerprint density at radius 1 is 1.07 bits per heavy atom. The summed E-state index contributed by atoms with van der Waals surface area (Å²) in [6.45, 7) is 8.71. The predicted octanol–water partition coefficient (Wildman–Crippen LogP) is 5.46. The van der Waals surface area contributed by atoms with Crippen molar-refractivity contribution in [2.45, 2.75) is 53.8 Å². The summed E-state index contributed by atoms with van der Waals surface area (Å²) in [6.07, 6.45) is 1.17. The van der Waals surface area contributed by atoms with Gasteiger partial charge in [-0.1, -0.05) is 61.5 Å². The molecule has 0 aliphatic heterocycles. The number of aryl methyl sites for hydroxylation is 1. The standard InChI is InChI=1S/C25H32N2O3/c1-17(2)13-14-24(28)25(26)22-12-8-9-18(3)23(22)16-30-27-19(4)21-11-7-6-10-20(21)15-29-5/h6-12,17,26H,13-16H2,1-5H3/b26-25?,27-19+. The molecule has 5 nitrogen and oxygen atoms in total. The van der Waals surface area contributed by atoms with Gasteiger partial charge in [-0.25, -0.2) is 0 Å². The number of oxime groups is 1. The molecule has 0 radical (unpaired) electrons. The summed E-state index contributed by atoms with van der Waals surface area (Å²) in [5.41, 5.74) is 5.23. The highest BCUT2D eigenvalue weighted by Gasteiger charge is 2.17. The molecule has 0 heterocycles. The van der Waals surface area contributed by atoms with E-state index in [0.29, 0.717) is 24.5 Å². The average Bonchev–Trinajstić information content (AvgIpc) is 2.73. The summed E-state index contributed by atoms with van der Waals surface area (Å²) in [5.74, 6) is 0.295. The first-order chi connectivity index (χ1) is 14.3. The molecule has 2 aromatic carbocycles. The molecule has 30 heavy (non-hydrogen) atoms. The summed E-state index contributed by atoms with van der Waals surface area (Å²) >= 11 is 0. The van der Waals surface area contributed by atoms with Crippen LogP contribution in [0.5, 0.6) is 0 Å². The summed E-state index contributed by atoms with van der Waals surface area (Å²) in [5, 5.41) is 12.7. The molecule has 0 spiro atoms. The van der Waals surface area contributed by atoms with Crippen LogP contribution in [0.4, 0.5) is 0 Å². The number of methoxy groups -OCH3 is 1. The third-order valence-electron chi connectivity index (χ3n) is 5.02. The van der Waals surface area contributed by atoms with Crippen LogP contribution in [0.1, 0.15) is 61.4 Å². The fraction of sp³-hybridized carbons (Fsp3) is 0.400. The highest BCUT2D eigenvalue weighted by atomic mass is 16.6. The molecule has 0 bridgehead atoms. The zero-order valence-electron chi connectivity index (χ0n) is 18.6.